The highest BCUT2D eigenvalue weighted by molar-refractivity contribution is 5.89. The maximum absolute atomic E-state index is 13.7. The molecule has 10 heteroatoms. The second kappa shape index (κ2) is 11.5. The Bertz CT molecular complexity index is 1340. The average Bonchev–Trinajstić information content (AvgIpc) is 3.13. The van der Waals surface area contributed by atoms with Gasteiger partial charge in [0.25, 0.3) is 0 Å². The molecule has 234 valence electrons. The first-order chi connectivity index (χ1) is 19.9. The average molecular weight is 599 g/mol. The number of ether oxygens (including phenoxy) is 4. The molecule has 4 rings (SSSR count). The van der Waals surface area contributed by atoms with Gasteiger partial charge in [0.2, 0.25) is 0 Å². The molecule has 2 saturated carbocycles. The minimum absolute atomic E-state index is 0.0266. The van der Waals surface area contributed by atoms with Gasteiger partial charge in [0.05, 0.1) is 22.7 Å². The van der Waals surface area contributed by atoms with Crippen LogP contribution < -0.4 is 0 Å². The summed E-state index contributed by atoms with van der Waals surface area (Å²) in [4.78, 5) is 51.1. The Labute approximate surface area is 252 Å². The van der Waals surface area contributed by atoms with E-state index in [0.717, 1.165) is 0 Å². The van der Waals surface area contributed by atoms with Crippen LogP contribution in [0.4, 0.5) is 0 Å². The van der Waals surface area contributed by atoms with Crippen LogP contribution in [-0.2, 0) is 33.3 Å². The largest absolute Gasteiger partial charge is 0.462 e. The van der Waals surface area contributed by atoms with Gasteiger partial charge in [0.15, 0.2) is 12.2 Å². The standard InChI is InChI=1S/C33H42O10/c1-17-23-15-33(31(6,7)39)16-25(40-19(3)34)18(2)27(33)28(42-21(5)36)29(43-30(38)22-12-10-9-11-13-22)32(23,8)26(14-24(17)37)41-20(4)35/h9-13,23-26,28-29,37,39H,1,14-16H2,2-8H3/t23-,24-,25+,26+,28-,29+,32-,33+/m1/s1. The number of fused-ring (bicyclic) bond motifs is 2. The van der Waals surface area contributed by atoms with Crippen molar-refractivity contribution >= 4 is 23.9 Å². The zero-order chi connectivity index (χ0) is 32.1. The predicted octanol–water partition coefficient (Wildman–Crippen LogP) is 3.83. The van der Waals surface area contributed by atoms with Crippen LogP contribution in [0.25, 0.3) is 0 Å². The zero-order valence-electron chi connectivity index (χ0n) is 25.8. The molecule has 10 nitrogen and oxygen atoms in total. The van der Waals surface area contributed by atoms with E-state index in [1.54, 1.807) is 58.0 Å². The van der Waals surface area contributed by atoms with E-state index in [0.29, 0.717) is 16.7 Å². The van der Waals surface area contributed by atoms with Crippen LogP contribution in [0.3, 0.4) is 0 Å². The number of carbonyl (C=O) groups excluding carboxylic acids is 4. The fraction of sp³-hybridized carbons (Fsp3) is 0.576. The van der Waals surface area contributed by atoms with Crippen molar-refractivity contribution in [1.29, 1.82) is 0 Å². The Morgan fingerprint density at radius 3 is 2.05 bits per heavy atom. The van der Waals surface area contributed by atoms with Crippen LogP contribution in [-0.4, -0.2) is 70.2 Å². The first-order valence-electron chi connectivity index (χ1n) is 14.5. The second-order valence-electron chi connectivity index (χ2n) is 12.8. The normalized spacial score (nSPS) is 33.9. The Morgan fingerprint density at radius 1 is 0.930 bits per heavy atom. The summed E-state index contributed by atoms with van der Waals surface area (Å²) in [7, 11) is 0. The van der Waals surface area contributed by atoms with Crippen LogP contribution in [0.15, 0.2) is 53.6 Å². The molecule has 0 saturated heterocycles. The third-order valence-electron chi connectivity index (χ3n) is 9.76. The smallest absolute Gasteiger partial charge is 0.338 e. The molecule has 0 unspecified atom stereocenters. The molecule has 1 aromatic carbocycles. The number of hydrogen-bond acceptors (Lipinski definition) is 10. The van der Waals surface area contributed by atoms with Crippen molar-refractivity contribution in [3.63, 3.8) is 0 Å². The lowest BCUT2D eigenvalue weighted by molar-refractivity contribution is -0.188. The summed E-state index contributed by atoms with van der Waals surface area (Å²) in [5, 5.41) is 23.1. The van der Waals surface area contributed by atoms with E-state index in [1.807, 2.05) is 0 Å². The second-order valence-corrected chi connectivity index (χ2v) is 12.8. The maximum atomic E-state index is 13.7. The summed E-state index contributed by atoms with van der Waals surface area (Å²) < 4.78 is 23.9. The Balaban J connectivity index is 2.07. The fourth-order valence-electron chi connectivity index (χ4n) is 7.62. The van der Waals surface area contributed by atoms with E-state index >= 15 is 0 Å². The molecule has 0 spiro atoms. The highest BCUT2D eigenvalue weighted by Gasteiger charge is 2.69. The van der Waals surface area contributed by atoms with Gasteiger partial charge in [-0.2, -0.15) is 0 Å². The number of esters is 4. The molecule has 0 aromatic heterocycles. The first-order valence-corrected chi connectivity index (χ1v) is 14.5. The van der Waals surface area contributed by atoms with Crippen LogP contribution >= 0.6 is 0 Å². The van der Waals surface area contributed by atoms with E-state index in [4.69, 9.17) is 18.9 Å². The lowest BCUT2D eigenvalue weighted by Gasteiger charge is -2.53. The van der Waals surface area contributed by atoms with Gasteiger partial charge in [-0.1, -0.05) is 31.7 Å². The minimum atomic E-state index is -1.49. The Hall–Kier alpha value is -3.50. The van der Waals surface area contributed by atoms with Gasteiger partial charge in [-0.15, -0.1) is 0 Å². The van der Waals surface area contributed by atoms with Crippen molar-refractivity contribution in [2.45, 2.75) is 104 Å². The van der Waals surface area contributed by atoms with Crippen molar-refractivity contribution in [3.8, 4) is 0 Å². The van der Waals surface area contributed by atoms with Gasteiger partial charge in [0.1, 0.15) is 12.2 Å². The Morgan fingerprint density at radius 2 is 1.51 bits per heavy atom. The van der Waals surface area contributed by atoms with E-state index in [1.165, 1.54) is 20.8 Å². The summed E-state index contributed by atoms with van der Waals surface area (Å²) in [5.74, 6) is -3.22. The number of benzene rings is 1. The molecule has 0 aliphatic heterocycles. The van der Waals surface area contributed by atoms with Crippen LogP contribution in [0.1, 0.15) is 78.1 Å². The number of hydrogen-bond donors (Lipinski definition) is 2. The lowest BCUT2D eigenvalue weighted by atomic mass is 9.56. The topological polar surface area (TPSA) is 146 Å². The van der Waals surface area contributed by atoms with Gasteiger partial charge in [-0.3, -0.25) is 14.4 Å². The van der Waals surface area contributed by atoms with Crippen LogP contribution in [0.2, 0.25) is 0 Å². The summed E-state index contributed by atoms with van der Waals surface area (Å²) in [5.41, 5.74) is -2.29. The molecular formula is C33H42O10. The van der Waals surface area contributed by atoms with Gasteiger partial charge >= 0.3 is 23.9 Å². The van der Waals surface area contributed by atoms with Crippen molar-refractivity contribution in [1.82, 2.24) is 0 Å². The summed E-state index contributed by atoms with van der Waals surface area (Å²) in [6, 6.07) is 8.30. The molecule has 2 N–H and O–H groups in total. The molecule has 3 aliphatic carbocycles. The van der Waals surface area contributed by atoms with E-state index in [2.05, 4.69) is 6.58 Å². The number of carbonyl (C=O) groups is 4. The van der Waals surface area contributed by atoms with Gasteiger partial charge in [0, 0.05) is 39.0 Å². The minimum Gasteiger partial charge on any atom is -0.462 e. The molecule has 0 amide bonds. The third-order valence-corrected chi connectivity index (χ3v) is 9.76. The molecule has 1 aromatic rings. The highest BCUT2D eigenvalue weighted by Crippen LogP contribution is 2.65. The van der Waals surface area contributed by atoms with E-state index < -0.39 is 76.7 Å². The van der Waals surface area contributed by atoms with Gasteiger partial charge in [-0.25, -0.2) is 4.79 Å². The monoisotopic (exact) mass is 598 g/mol. The van der Waals surface area contributed by atoms with Crippen LogP contribution in [0.5, 0.6) is 0 Å². The summed E-state index contributed by atoms with van der Waals surface area (Å²) in [6.45, 7) is 14.8. The highest BCUT2D eigenvalue weighted by atomic mass is 16.6. The van der Waals surface area contributed by atoms with Crippen molar-refractivity contribution < 1.29 is 48.3 Å². The lowest BCUT2D eigenvalue weighted by Crippen LogP contribution is -2.60. The molecule has 3 aliphatic rings. The fourth-order valence-corrected chi connectivity index (χ4v) is 7.62. The molecule has 0 heterocycles. The predicted molar refractivity (Wildman–Crippen MR) is 154 cm³/mol. The molecular weight excluding hydrogens is 556 g/mol. The third kappa shape index (κ3) is 5.62. The summed E-state index contributed by atoms with van der Waals surface area (Å²) >= 11 is 0. The first kappa shape index (κ1) is 32.4. The van der Waals surface area contributed by atoms with E-state index in [-0.39, 0.29) is 24.8 Å². The van der Waals surface area contributed by atoms with Gasteiger partial charge < -0.3 is 29.2 Å². The maximum Gasteiger partial charge on any atom is 0.338 e. The van der Waals surface area contributed by atoms with Crippen LogP contribution in [0, 0.1) is 16.7 Å². The molecule has 2 fully saturated rings. The Kier molecular flexibility index (Phi) is 8.70. The molecule has 0 bridgehead atoms. The molecule has 43 heavy (non-hydrogen) atoms. The zero-order valence-corrected chi connectivity index (χ0v) is 25.8. The van der Waals surface area contributed by atoms with Crippen molar-refractivity contribution in [2.24, 2.45) is 16.7 Å². The number of aliphatic hydroxyl groups is 2. The quantitative estimate of drug-likeness (QED) is 0.281. The molecule has 8 atom stereocenters. The number of aliphatic hydroxyl groups excluding tert-OH is 1. The molecule has 0 radical (unpaired) electrons. The van der Waals surface area contributed by atoms with Crippen molar-refractivity contribution in [2.75, 3.05) is 0 Å². The SMILES string of the molecule is C=C1[C@H](O)C[C@H](OC(C)=O)[C@@]2(C)[C@@H]1C[C@]1(C(C)(C)O)C[C@H](OC(C)=O)C(C)=C1[C@@H](OC(C)=O)[C@@H]2OC(=O)c1ccccc1. The summed E-state index contributed by atoms with van der Waals surface area (Å²) in [6.07, 6.45) is -5.10. The van der Waals surface area contributed by atoms with E-state index in [9.17, 15) is 29.4 Å². The van der Waals surface area contributed by atoms with Crippen molar-refractivity contribution in [3.05, 3.63) is 59.2 Å². The number of rotatable bonds is 6. The van der Waals surface area contributed by atoms with Gasteiger partial charge in [-0.05, 0) is 62.0 Å².